The second kappa shape index (κ2) is 8.08. The van der Waals surface area contributed by atoms with Gasteiger partial charge in [0.25, 0.3) is 0 Å². The van der Waals surface area contributed by atoms with Gasteiger partial charge in [0.2, 0.25) is 15.9 Å². The van der Waals surface area contributed by atoms with Crippen molar-refractivity contribution in [2.45, 2.75) is 37.4 Å². The summed E-state index contributed by atoms with van der Waals surface area (Å²) in [5.74, 6) is 1.44. The quantitative estimate of drug-likeness (QED) is 0.539. The Kier molecular flexibility index (Phi) is 6.71. The van der Waals surface area contributed by atoms with E-state index in [1.165, 1.54) is 29.2 Å². The number of hydrogen-bond acceptors (Lipinski definition) is 5. The van der Waals surface area contributed by atoms with Crippen LogP contribution in [-0.2, 0) is 14.8 Å². The van der Waals surface area contributed by atoms with E-state index in [0.717, 1.165) is 18.1 Å². The standard InChI is InChI=1S/C13H24N2O3S3/c1-21(17,18)15-9-7-14(8-10-15)13(16)5-3-2-4-12-6-11-19-20-12/h12H,2-11H2,1H3/t12-/m0/s1. The predicted octanol–water partition coefficient (Wildman–Crippen LogP) is 1.80. The van der Waals surface area contributed by atoms with Crippen molar-refractivity contribution < 1.29 is 13.2 Å². The second-order valence-electron chi connectivity index (χ2n) is 5.62. The summed E-state index contributed by atoms with van der Waals surface area (Å²) in [5, 5.41) is 0.781. The van der Waals surface area contributed by atoms with Crippen LogP contribution in [0, 0.1) is 0 Å². The minimum Gasteiger partial charge on any atom is -0.340 e. The van der Waals surface area contributed by atoms with E-state index in [-0.39, 0.29) is 5.91 Å². The summed E-state index contributed by atoms with van der Waals surface area (Å²) >= 11 is 0. The first-order valence-electron chi connectivity index (χ1n) is 7.48. The number of piperazine rings is 1. The molecule has 5 nitrogen and oxygen atoms in total. The molecule has 2 saturated heterocycles. The molecule has 122 valence electrons. The summed E-state index contributed by atoms with van der Waals surface area (Å²) in [6.07, 6.45) is 6.41. The third-order valence-corrected chi connectivity index (χ3v) is 8.26. The van der Waals surface area contributed by atoms with Crippen LogP contribution in [-0.4, -0.2) is 67.0 Å². The van der Waals surface area contributed by atoms with Crippen molar-refractivity contribution in [3.63, 3.8) is 0 Å². The average molecular weight is 353 g/mol. The van der Waals surface area contributed by atoms with E-state index in [2.05, 4.69) is 0 Å². The number of hydrogen-bond donors (Lipinski definition) is 0. The summed E-state index contributed by atoms with van der Waals surface area (Å²) in [5.41, 5.74) is 0. The molecule has 0 aromatic carbocycles. The molecule has 2 heterocycles. The lowest BCUT2D eigenvalue weighted by Gasteiger charge is -2.33. The van der Waals surface area contributed by atoms with Crippen molar-refractivity contribution in [2.75, 3.05) is 38.2 Å². The fraction of sp³-hybridized carbons (Fsp3) is 0.923. The van der Waals surface area contributed by atoms with Crippen molar-refractivity contribution in [3.8, 4) is 0 Å². The molecule has 1 atom stereocenters. The van der Waals surface area contributed by atoms with Gasteiger partial charge in [-0.2, -0.15) is 4.31 Å². The van der Waals surface area contributed by atoms with Gasteiger partial charge in [-0.25, -0.2) is 8.42 Å². The van der Waals surface area contributed by atoms with Gasteiger partial charge in [-0.05, 0) is 19.3 Å². The molecule has 0 bridgehead atoms. The predicted molar refractivity (Wildman–Crippen MR) is 89.9 cm³/mol. The van der Waals surface area contributed by atoms with Crippen LogP contribution >= 0.6 is 21.6 Å². The lowest BCUT2D eigenvalue weighted by atomic mass is 10.1. The van der Waals surface area contributed by atoms with Crippen LogP contribution in [0.25, 0.3) is 0 Å². The van der Waals surface area contributed by atoms with Crippen LogP contribution in [0.4, 0.5) is 0 Å². The smallest absolute Gasteiger partial charge is 0.222 e. The molecule has 0 aliphatic carbocycles. The van der Waals surface area contributed by atoms with Gasteiger partial charge in [0.1, 0.15) is 0 Å². The SMILES string of the molecule is CS(=O)(=O)N1CCN(C(=O)CCCC[C@H]2CCSS2)CC1. The highest BCUT2D eigenvalue weighted by molar-refractivity contribution is 8.77. The molecule has 0 N–H and O–H groups in total. The number of carbonyl (C=O) groups is 1. The maximum Gasteiger partial charge on any atom is 0.222 e. The number of sulfonamides is 1. The van der Waals surface area contributed by atoms with E-state index in [0.29, 0.717) is 32.6 Å². The first kappa shape index (κ1) is 17.4. The molecule has 0 aromatic heterocycles. The summed E-state index contributed by atoms with van der Waals surface area (Å²) in [6.45, 7) is 1.92. The highest BCUT2D eigenvalue weighted by Crippen LogP contribution is 2.39. The molecule has 0 saturated carbocycles. The molecule has 2 aliphatic heterocycles. The van der Waals surface area contributed by atoms with Crippen LogP contribution in [0.15, 0.2) is 0 Å². The van der Waals surface area contributed by atoms with E-state index in [1.54, 1.807) is 0 Å². The van der Waals surface area contributed by atoms with Gasteiger partial charge in [-0.15, -0.1) is 0 Å². The Balaban J connectivity index is 1.61. The van der Waals surface area contributed by atoms with Crippen molar-refractivity contribution in [2.24, 2.45) is 0 Å². The van der Waals surface area contributed by atoms with Gasteiger partial charge in [0.15, 0.2) is 0 Å². The minimum atomic E-state index is -3.11. The zero-order valence-electron chi connectivity index (χ0n) is 12.5. The molecular weight excluding hydrogens is 328 g/mol. The molecule has 8 heteroatoms. The van der Waals surface area contributed by atoms with Gasteiger partial charge >= 0.3 is 0 Å². The van der Waals surface area contributed by atoms with E-state index >= 15 is 0 Å². The van der Waals surface area contributed by atoms with E-state index in [9.17, 15) is 13.2 Å². The lowest BCUT2D eigenvalue weighted by Crippen LogP contribution is -2.50. The molecule has 0 spiro atoms. The largest absolute Gasteiger partial charge is 0.340 e. The Bertz CT molecular complexity index is 442. The molecule has 2 aliphatic rings. The second-order valence-corrected chi connectivity index (χ2v) is 10.4. The van der Waals surface area contributed by atoms with Gasteiger partial charge in [-0.3, -0.25) is 4.79 Å². The number of carbonyl (C=O) groups excluding carboxylic acids is 1. The zero-order chi connectivity index (χ0) is 15.3. The maximum atomic E-state index is 12.1. The molecule has 2 rings (SSSR count). The van der Waals surface area contributed by atoms with E-state index < -0.39 is 10.0 Å². The number of nitrogens with zero attached hydrogens (tertiary/aromatic N) is 2. The third kappa shape index (κ3) is 5.65. The van der Waals surface area contributed by atoms with Crippen LogP contribution in [0.3, 0.4) is 0 Å². The fourth-order valence-corrected chi connectivity index (χ4v) is 6.49. The third-order valence-electron chi connectivity index (χ3n) is 3.95. The zero-order valence-corrected chi connectivity index (χ0v) is 14.9. The average Bonchev–Trinajstić information content (AvgIpc) is 2.96. The summed E-state index contributed by atoms with van der Waals surface area (Å²) < 4.78 is 24.3. The lowest BCUT2D eigenvalue weighted by molar-refractivity contribution is -0.132. The molecule has 0 radical (unpaired) electrons. The van der Waals surface area contributed by atoms with Crippen molar-refractivity contribution in [3.05, 3.63) is 0 Å². The highest BCUT2D eigenvalue weighted by atomic mass is 33.1. The van der Waals surface area contributed by atoms with Gasteiger partial charge in [0, 0.05) is 43.6 Å². The Labute approximate surface area is 135 Å². The van der Waals surface area contributed by atoms with Gasteiger partial charge < -0.3 is 4.90 Å². The molecule has 1 amide bonds. The fourth-order valence-electron chi connectivity index (χ4n) is 2.64. The molecular formula is C13H24N2O3S3. The minimum absolute atomic E-state index is 0.177. The normalized spacial score (nSPS) is 24.4. The Morgan fingerprint density at radius 2 is 1.90 bits per heavy atom. The molecule has 0 unspecified atom stereocenters. The van der Waals surface area contributed by atoms with Gasteiger partial charge in [-0.1, -0.05) is 28.0 Å². The van der Waals surface area contributed by atoms with E-state index in [4.69, 9.17) is 0 Å². The molecule has 21 heavy (non-hydrogen) atoms. The first-order valence-corrected chi connectivity index (χ1v) is 11.7. The summed E-state index contributed by atoms with van der Waals surface area (Å²) in [4.78, 5) is 13.9. The van der Waals surface area contributed by atoms with Crippen LogP contribution in [0.2, 0.25) is 0 Å². The van der Waals surface area contributed by atoms with E-state index in [1.807, 2.05) is 26.5 Å². The maximum absolute atomic E-state index is 12.1. The number of rotatable bonds is 6. The van der Waals surface area contributed by atoms with Crippen molar-refractivity contribution >= 4 is 37.5 Å². The Morgan fingerprint density at radius 3 is 2.48 bits per heavy atom. The van der Waals surface area contributed by atoms with Crippen LogP contribution < -0.4 is 0 Å². The van der Waals surface area contributed by atoms with Crippen molar-refractivity contribution in [1.82, 2.24) is 9.21 Å². The first-order chi connectivity index (χ1) is 9.97. The highest BCUT2D eigenvalue weighted by Gasteiger charge is 2.25. The monoisotopic (exact) mass is 352 g/mol. The number of unbranched alkanes of at least 4 members (excludes halogenated alkanes) is 1. The van der Waals surface area contributed by atoms with Gasteiger partial charge in [0.05, 0.1) is 6.26 Å². The summed E-state index contributed by atoms with van der Waals surface area (Å²) in [6, 6.07) is 0. The van der Waals surface area contributed by atoms with Crippen LogP contribution in [0.1, 0.15) is 32.1 Å². The van der Waals surface area contributed by atoms with Crippen molar-refractivity contribution in [1.29, 1.82) is 0 Å². The number of amides is 1. The molecule has 0 aromatic rings. The summed E-state index contributed by atoms with van der Waals surface area (Å²) in [7, 11) is 0.835. The topological polar surface area (TPSA) is 57.7 Å². The Hall–Kier alpha value is 0.0800. The Morgan fingerprint density at radius 1 is 1.19 bits per heavy atom. The van der Waals surface area contributed by atoms with Crippen LogP contribution in [0.5, 0.6) is 0 Å². The molecule has 2 fully saturated rings.